The van der Waals surface area contributed by atoms with Crippen LogP contribution >= 0.6 is 28.3 Å². The maximum absolute atomic E-state index is 10.0. The quantitative estimate of drug-likeness (QED) is 0.531. The molecular weight excluding hydrogens is 406 g/mol. The van der Waals surface area contributed by atoms with Gasteiger partial charge in [-0.3, -0.25) is 0 Å². The van der Waals surface area contributed by atoms with Crippen molar-refractivity contribution in [2.24, 2.45) is 5.41 Å². The second-order valence-electron chi connectivity index (χ2n) is 8.03. The van der Waals surface area contributed by atoms with Crippen molar-refractivity contribution in [3.05, 3.63) is 28.7 Å². The van der Waals surface area contributed by atoms with Gasteiger partial charge in [-0.25, -0.2) is 0 Å². The Morgan fingerprint density at radius 1 is 1.08 bits per heavy atom. The molecule has 1 unspecified atom stereocenters. The molecule has 6 heteroatoms. The maximum atomic E-state index is 10.0. The molecule has 0 radical (unpaired) electrons. The van der Waals surface area contributed by atoms with Crippen LogP contribution in [-0.4, -0.2) is 43.1 Å². The smallest absolute Gasteiger partial charge is 0.119 e. The fraction of sp³-hybridized carbons (Fsp3) is 0.684. The van der Waals surface area contributed by atoms with Crippen molar-refractivity contribution in [1.82, 2.24) is 5.32 Å². The van der Waals surface area contributed by atoms with Gasteiger partial charge in [0.05, 0.1) is 19.3 Å². The van der Waals surface area contributed by atoms with Crippen LogP contribution < -0.4 is 10.1 Å². The van der Waals surface area contributed by atoms with Crippen LogP contribution in [0.1, 0.15) is 41.0 Å². The second kappa shape index (κ2) is 11.4. The van der Waals surface area contributed by atoms with Gasteiger partial charge in [0.15, 0.2) is 0 Å². The summed E-state index contributed by atoms with van der Waals surface area (Å²) in [4.78, 5) is 0. The van der Waals surface area contributed by atoms with Crippen LogP contribution in [0.3, 0.4) is 0 Å². The van der Waals surface area contributed by atoms with E-state index in [9.17, 15) is 5.11 Å². The number of halogens is 2. The van der Waals surface area contributed by atoms with Crippen LogP contribution in [0.5, 0.6) is 5.75 Å². The fourth-order valence-corrected chi connectivity index (χ4v) is 3.07. The zero-order valence-corrected chi connectivity index (χ0v) is 18.4. The zero-order valence-electron chi connectivity index (χ0n) is 16.0. The molecule has 0 bridgehead atoms. The van der Waals surface area contributed by atoms with Gasteiger partial charge in [-0.15, -0.1) is 12.4 Å². The molecule has 25 heavy (non-hydrogen) atoms. The summed E-state index contributed by atoms with van der Waals surface area (Å²) in [6.07, 6.45) is 0.520. The van der Waals surface area contributed by atoms with Crippen LogP contribution in [0.2, 0.25) is 0 Å². The molecule has 1 rings (SSSR count). The SMILES string of the molecule is CC(C)(C)CC(C)(C)NCC(O)COCCOc1ccc(Br)cc1.Cl. The number of ether oxygens (including phenoxy) is 2. The number of β-amino-alcohol motifs (C(OH)–C–C–N with tert-alkyl or cyclic N) is 1. The lowest BCUT2D eigenvalue weighted by Crippen LogP contribution is -2.46. The largest absolute Gasteiger partial charge is 0.491 e. The lowest BCUT2D eigenvalue weighted by molar-refractivity contribution is 0.0211. The Hall–Kier alpha value is -0.330. The molecule has 0 amide bonds. The predicted octanol–water partition coefficient (Wildman–Crippen LogP) is 4.43. The molecule has 0 spiro atoms. The molecular formula is C19H33BrClNO3. The number of nitrogens with one attached hydrogen (secondary N) is 1. The van der Waals surface area contributed by atoms with Gasteiger partial charge in [0.25, 0.3) is 0 Å². The fourth-order valence-electron chi connectivity index (χ4n) is 2.81. The monoisotopic (exact) mass is 437 g/mol. The van der Waals surface area contributed by atoms with Crippen LogP contribution in [0.25, 0.3) is 0 Å². The third-order valence-corrected chi connectivity index (χ3v) is 3.94. The first-order valence-electron chi connectivity index (χ1n) is 8.47. The van der Waals surface area contributed by atoms with E-state index in [1.165, 1.54) is 0 Å². The molecule has 0 saturated heterocycles. The van der Waals surface area contributed by atoms with Gasteiger partial charge in [-0.1, -0.05) is 36.7 Å². The van der Waals surface area contributed by atoms with Crippen molar-refractivity contribution in [3.8, 4) is 5.75 Å². The molecule has 0 aliphatic rings. The van der Waals surface area contributed by atoms with Gasteiger partial charge in [-0.2, -0.15) is 0 Å². The highest BCUT2D eigenvalue weighted by Crippen LogP contribution is 2.26. The summed E-state index contributed by atoms with van der Waals surface area (Å²) < 4.78 is 12.1. The summed E-state index contributed by atoms with van der Waals surface area (Å²) in [7, 11) is 0. The minimum atomic E-state index is -0.517. The number of rotatable bonds is 10. The van der Waals surface area contributed by atoms with Crippen LogP contribution in [0.4, 0.5) is 0 Å². The Morgan fingerprint density at radius 2 is 1.68 bits per heavy atom. The number of aliphatic hydroxyl groups excluding tert-OH is 1. The Kier molecular flexibility index (Phi) is 11.2. The number of hydrogen-bond donors (Lipinski definition) is 2. The Morgan fingerprint density at radius 3 is 2.24 bits per heavy atom. The highest BCUT2D eigenvalue weighted by molar-refractivity contribution is 9.10. The molecule has 0 aliphatic carbocycles. The maximum Gasteiger partial charge on any atom is 0.119 e. The molecule has 0 saturated carbocycles. The minimum Gasteiger partial charge on any atom is -0.491 e. The van der Waals surface area contributed by atoms with E-state index in [0.29, 0.717) is 26.4 Å². The predicted molar refractivity (Wildman–Crippen MR) is 110 cm³/mol. The first-order valence-corrected chi connectivity index (χ1v) is 9.26. The average Bonchev–Trinajstić information content (AvgIpc) is 2.44. The van der Waals surface area contributed by atoms with E-state index in [1.807, 2.05) is 24.3 Å². The molecule has 2 N–H and O–H groups in total. The highest BCUT2D eigenvalue weighted by atomic mass is 79.9. The van der Waals surface area contributed by atoms with E-state index in [2.05, 4.69) is 55.9 Å². The number of benzene rings is 1. The van der Waals surface area contributed by atoms with Crippen LogP contribution in [0.15, 0.2) is 28.7 Å². The van der Waals surface area contributed by atoms with Gasteiger partial charge in [-0.05, 0) is 49.9 Å². The molecule has 4 nitrogen and oxygen atoms in total. The van der Waals surface area contributed by atoms with Crippen molar-refractivity contribution in [2.75, 3.05) is 26.4 Å². The van der Waals surface area contributed by atoms with Crippen molar-refractivity contribution < 1.29 is 14.6 Å². The first kappa shape index (κ1) is 24.7. The summed E-state index contributed by atoms with van der Waals surface area (Å²) >= 11 is 3.38. The van der Waals surface area contributed by atoms with Crippen molar-refractivity contribution >= 4 is 28.3 Å². The Balaban J connectivity index is 0.00000576. The highest BCUT2D eigenvalue weighted by Gasteiger charge is 2.25. The van der Waals surface area contributed by atoms with E-state index in [1.54, 1.807) is 0 Å². The van der Waals surface area contributed by atoms with Gasteiger partial charge < -0.3 is 19.9 Å². The van der Waals surface area contributed by atoms with E-state index in [-0.39, 0.29) is 23.4 Å². The molecule has 0 fully saturated rings. The Labute approximate surface area is 167 Å². The summed E-state index contributed by atoms with van der Waals surface area (Å²) in [6.45, 7) is 12.8. The van der Waals surface area contributed by atoms with Gasteiger partial charge in [0.1, 0.15) is 12.4 Å². The van der Waals surface area contributed by atoms with E-state index < -0.39 is 6.10 Å². The molecule has 146 valence electrons. The molecule has 0 aliphatic heterocycles. The van der Waals surface area contributed by atoms with E-state index in [0.717, 1.165) is 16.6 Å². The molecule has 0 aromatic heterocycles. The molecule has 1 atom stereocenters. The number of aliphatic hydroxyl groups is 1. The summed E-state index contributed by atoms with van der Waals surface area (Å²) in [6, 6.07) is 7.68. The minimum absolute atomic E-state index is 0. The van der Waals surface area contributed by atoms with Crippen molar-refractivity contribution in [1.29, 1.82) is 0 Å². The molecule has 1 aromatic carbocycles. The number of hydrogen-bond acceptors (Lipinski definition) is 4. The second-order valence-corrected chi connectivity index (χ2v) is 8.95. The average molecular weight is 439 g/mol. The summed E-state index contributed by atoms with van der Waals surface area (Å²) in [5.41, 5.74) is 0.242. The van der Waals surface area contributed by atoms with Gasteiger partial charge in [0.2, 0.25) is 0 Å². The zero-order chi connectivity index (χ0) is 18.2. The van der Waals surface area contributed by atoms with Crippen LogP contribution in [-0.2, 0) is 4.74 Å². The molecule has 0 heterocycles. The molecule has 1 aromatic rings. The van der Waals surface area contributed by atoms with Crippen molar-refractivity contribution in [3.63, 3.8) is 0 Å². The third kappa shape index (κ3) is 12.6. The standard InChI is InChI=1S/C19H32BrNO3.ClH/c1-18(2,3)14-19(4,5)21-12-16(22)13-23-10-11-24-17-8-6-15(20)7-9-17;/h6-9,16,21-22H,10-14H2,1-5H3;1H. The van der Waals surface area contributed by atoms with Gasteiger partial charge in [0, 0.05) is 16.6 Å². The lowest BCUT2D eigenvalue weighted by Gasteiger charge is -2.34. The van der Waals surface area contributed by atoms with Gasteiger partial charge >= 0.3 is 0 Å². The summed E-state index contributed by atoms with van der Waals surface area (Å²) in [5, 5.41) is 13.4. The van der Waals surface area contributed by atoms with Crippen molar-refractivity contribution in [2.45, 2.75) is 52.7 Å². The van der Waals surface area contributed by atoms with E-state index in [4.69, 9.17) is 9.47 Å². The third-order valence-electron chi connectivity index (χ3n) is 3.41. The Bertz CT molecular complexity index is 475. The summed E-state index contributed by atoms with van der Waals surface area (Å²) in [5.74, 6) is 0.813. The normalized spacial score (nSPS) is 13.2. The van der Waals surface area contributed by atoms with E-state index >= 15 is 0 Å². The topological polar surface area (TPSA) is 50.7 Å². The first-order chi connectivity index (χ1) is 11.1. The van der Waals surface area contributed by atoms with Crippen LogP contribution in [0, 0.1) is 5.41 Å². The lowest BCUT2D eigenvalue weighted by atomic mass is 9.82.